The van der Waals surface area contributed by atoms with Crippen molar-refractivity contribution < 1.29 is 9.32 Å². The second-order valence-corrected chi connectivity index (χ2v) is 11.3. The molecule has 0 amide bonds. The van der Waals surface area contributed by atoms with Crippen molar-refractivity contribution in [3.63, 3.8) is 0 Å². The van der Waals surface area contributed by atoms with E-state index in [0.29, 0.717) is 22.1 Å². The molecule has 0 unspecified atom stereocenters. The van der Waals surface area contributed by atoms with Crippen LogP contribution in [0.2, 0.25) is 0 Å². The van der Waals surface area contributed by atoms with Crippen molar-refractivity contribution in [3.05, 3.63) is 107 Å². The fraction of sp³-hybridized carbons (Fsp3) is 0.143. The molecule has 2 atom stereocenters. The molecule has 0 fully saturated rings. The lowest BCUT2D eigenvalue weighted by Crippen LogP contribution is -2.20. The third kappa shape index (κ3) is 6.89. The molecule has 7 heteroatoms. The quantitative estimate of drug-likeness (QED) is 0.237. The summed E-state index contributed by atoms with van der Waals surface area (Å²) in [5.41, 5.74) is 4.86. The average Bonchev–Trinajstić information content (AvgIpc) is 2.88. The largest absolute Gasteiger partial charge is 0.391 e. The van der Waals surface area contributed by atoms with Crippen molar-refractivity contribution in [1.82, 2.24) is 4.98 Å². The fourth-order valence-electron chi connectivity index (χ4n) is 3.60. The van der Waals surface area contributed by atoms with E-state index in [9.17, 15) is 14.6 Å². The number of nitrogens with zero attached hydrogens (tertiary/aromatic N) is 2. The normalized spacial score (nSPS) is 12.6. The molecule has 0 saturated heterocycles. The topological polar surface area (TPSA) is 74.0 Å². The summed E-state index contributed by atoms with van der Waals surface area (Å²) in [5, 5.41) is 21.2. The van der Waals surface area contributed by atoms with Crippen molar-refractivity contribution in [2.45, 2.75) is 16.9 Å². The Hall–Kier alpha value is -2.76. The summed E-state index contributed by atoms with van der Waals surface area (Å²) in [5.74, 6) is 0.865. The van der Waals surface area contributed by atoms with Crippen molar-refractivity contribution in [2.75, 3.05) is 11.5 Å². The van der Waals surface area contributed by atoms with E-state index in [-0.39, 0.29) is 5.75 Å². The summed E-state index contributed by atoms with van der Waals surface area (Å²) in [6.07, 6.45) is -0.783. The Labute approximate surface area is 220 Å². The summed E-state index contributed by atoms with van der Waals surface area (Å²) in [7, 11) is -1.19. The lowest BCUT2D eigenvalue weighted by atomic mass is 9.99. The fourth-order valence-corrected chi connectivity index (χ4v) is 6.18. The lowest BCUT2D eigenvalue weighted by molar-refractivity contribution is 0.224. The Balaban J connectivity index is 1.58. The molecule has 4 rings (SSSR count). The molecule has 1 aromatic heterocycles. The average molecular weight is 564 g/mol. The van der Waals surface area contributed by atoms with Gasteiger partial charge in [0.25, 0.3) is 0 Å². The van der Waals surface area contributed by atoms with Gasteiger partial charge in [-0.15, -0.1) is 11.8 Å². The van der Waals surface area contributed by atoms with E-state index >= 15 is 0 Å². The monoisotopic (exact) mass is 562 g/mol. The minimum Gasteiger partial charge on any atom is -0.391 e. The highest BCUT2D eigenvalue weighted by molar-refractivity contribution is 9.10. The molecule has 0 saturated carbocycles. The lowest BCUT2D eigenvalue weighted by Gasteiger charge is -2.14. The van der Waals surface area contributed by atoms with Crippen LogP contribution in [0.5, 0.6) is 0 Å². The van der Waals surface area contributed by atoms with Crippen LogP contribution in [-0.4, -0.2) is 31.9 Å². The summed E-state index contributed by atoms with van der Waals surface area (Å²) < 4.78 is 13.5. The van der Waals surface area contributed by atoms with Crippen molar-refractivity contribution in [1.29, 1.82) is 5.26 Å². The van der Waals surface area contributed by atoms with Gasteiger partial charge in [-0.3, -0.25) is 4.21 Å². The molecule has 35 heavy (non-hydrogen) atoms. The van der Waals surface area contributed by atoms with Crippen LogP contribution in [0, 0.1) is 11.3 Å². The zero-order valence-electron chi connectivity index (χ0n) is 18.8. The maximum Gasteiger partial charge on any atom is 0.115 e. The van der Waals surface area contributed by atoms with E-state index in [1.807, 2.05) is 91.0 Å². The van der Waals surface area contributed by atoms with Gasteiger partial charge in [-0.2, -0.15) is 5.26 Å². The molecule has 0 aliphatic carbocycles. The Morgan fingerprint density at radius 1 is 0.971 bits per heavy atom. The Morgan fingerprint density at radius 2 is 1.63 bits per heavy atom. The third-order valence-electron chi connectivity index (χ3n) is 5.28. The molecule has 176 valence electrons. The zero-order chi connectivity index (χ0) is 24.6. The number of halogens is 1. The molecule has 3 aromatic carbocycles. The SMILES string of the molecule is N#Cc1c(-c2ccccc2)cc(-c2ccc(Br)cc2)nc1SC[C@H](O)C[S@@](=O)Cc1ccccc1. The summed E-state index contributed by atoms with van der Waals surface area (Å²) >= 11 is 4.79. The van der Waals surface area contributed by atoms with Crippen LogP contribution in [0.15, 0.2) is 100 Å². The number of aliphatic hydroxyl groups excluding tert-OH is 1. The molecule has 1 N–H and O–H groups in total. The van der Waals surface area contributed by atoms with E-state index in [2.05, 4.69) is 22.0 Å². The second-order valence-electron chi connectivity index (χ2n) is 7.92. The van der Waals surface area contributed by atoms with Gasteiger partial charge < -0.3 is 5.11 Å². The molecule has 0 aliphatic heterocycles. The molecule has 4 aromatic rings. The highest BCUT2D eigenvalue weighted by atomic mass is 79.9. The summed E-state index contributed by atoms with van der Waals surface area (Å²) in [6.45, 7) is 0. The molecule has 0 aliphatic rings. The van der Waals surface area contributed by atoms with Crippen molar-refractivity contribution in [3.8, 4) is 28.5 Å². The highest BCUT2D eigenvalue weighted by Gasteiger charge is 2.18. The molecule has 0 bridgehead atoms. The predicted molar refractivity (Wildman–Crippen MR) is 147 cm³/mol. The van der Waals surface area contributed by atoms with Crippen LogP contribution in [0.4, 0.5) is 0 Å². The van der Waals surface area contributed by atoms with Crippen molar-refractivity contribution >= 4 is 38.5 Å². The first kappa shape index (κ1) is 25.3. The van der Waals surface area contributed by atoms with Gasteiger partial charge in [0, 0.05) is 37.9 Å². The van der Waals surface area contributed by atoms with Gasteiger partial charge in [-0.25, -0.2) is 4.98 Å². The summed E-state index contributed by atoms with van der Waals surface area (Å²) in [6, 6.07) is 31.5. The van der Waals surface area contributed by atoms with Crippen LogP contribution < -0.4 is 0 Å². The maximum absolute atomic E-state index is 12.5. The minimum absolute atomic E-state index is 0.168. The van der Waals surface area contributed by atoms with Crippen molar-refractivity contribution in [2.24, 2.45) is 0 Å². The first-order chi connectivity index (χ1) is 17.0. The van der Waals surface area contributed by atoms with E-state index in [4.69, 9.17) is 4.98 Å². The predicted octanol–water partition coefficient (Wildman–Crippen LogP) is 6.45. The zero-order valence-corrected chi connectivity index (χ0v) is 22.0. The smallest absolute Gasteiger partial charge is 0.115 e. The first-order valence-corrected chi connectivity index (χ1v) is 14.3. The van der Waals surface area contributed by atoms with Gasteiger partial charge in [-0.1, -0.05) is 88.7 Å². The Kier molecular flexibility index (Phi) is 8.89. The van der Waals surface area contributed by atoms with Gasteiger partial charge >= 0.3 is 0 Å². The Morgan fingerprint density at radius 3 is 2.29 bits per heavy atom. The van der Waals surface area contributed by atoms with Crippen LogP contribution >= 0.6 is 27.7 Å². The molecule has 0 spiro atoms. The van der Waals surface area contributed by atoms with E-state index in [1.165, 1.54) is 11.8 Å². The number of aromatic nitrogens is 1. The first-order valence-electron chi connectivity index (χ1n) is 11.0. The molecule has 1 heterocycles. The van der Waals surface area contributed by atoms with Gasteiger partial charge in [-0.05, 0) is 29.3 Å². The molecular weight excluding hydrogens is 540 g/mol. The van der Waals surface area contributed by atoms with Gasteiger partial charge in [0.15, 0.2) is 0 Å². The number of thioether (sulfide) groups is 1. The highest BCUT2D eigenvalue weighted by Crippen LogP contribution is 2.34. The number of hydrogen-bond donors (Lipinski definition) is 1. The second kappa shape index (κ2) is 12.3. The number of benzene rings is 3. The number of pyridine rings is 1. The number of hydrogen-bond acceptors (Lipinski definition) is 5. The standard InChI is InChI=1S/C28H23BrN2O2S2/c29-23-13-11-22(12-14-23)27-15-25(21-9-5-2-6-10-21)26(16-30)28(31-27)34-17-24(32)19-35(33)18-20-7-3-1-4-8-20/h1-15,24,32H,17-19H2/t24-,35-/m0/s1. The van der Waals surface area contributed by atoms with E-state index in [1.54, 1.807) is 0 Å². The number of nitriles is 1. The number of aliphatic hydroxyl groups is 1. The van der Waals surface area contributed by atoms with Crippen LogP contribution in [0.25, 0.3) is 22.4 Å². The molecule has 0 radical (unpaired) electrons. The van der Waals surface area contributed by atoms with Gasteiger partial charge in [0.05, 0.1) is 23.1 Å². The molecule has 4 nitrogen and oxygen atoms in total. The van der Waals surface area contributed by atoms with Crippen LogP contribution in [0.3, 0.4) is 0 Å². The maximum atomic E-state index is 12.5. The van der Waals surface area contributed by atoms with E-state index < -0.39 is 16.9 Å². The Bertz CT molecular complexity index is 1340. The molecular formula is C28H23BrN2O2S2. The minimum atomic E-state index is -1.19. The van der Waals surface area contributed by atoms with Crippen LogP contribution in [-0.2, 0) is 16.6 Å². The van der Waals surface area contributed by atoms with Gasteiger partial charge in [0.2, 0.25) is 0 Å². The third-order valence-corrected chi connectivity index (χ3v) is 8.34. The van der Waals surface area contributed by atoms with Crippen LogP contribution in [0.1, 0.15) is 11.1 Å². The van der Waals surface area contributed by atoms with E-state index in [0.717, 1.165) is 32.4 Å². The summed E-state index contributed by atoms with van der Waals surface area (Å²) in [4.78, 5) is 4.79. The van der Waals surface area contributed by atoms with Gasteiger partial charge in [0.1, 0.15) is 11.1 Å². The number of rotatable bonds is 9.